The van der Waals surface area contributed by atoms with Gasteiger partial charge >= 0.3 is 6.18 Å². The Morgan fingerprint density at radius 1 is 1.17 bits per heavy atom. The van der Waals surface area contributed by atoms with Gasteiger partial charge in [-0.15, -0.1) is 0 Å². The van der Waals surface area contributed by atoms with E-state index in [1.165, 1.54) is 17.0 Å². The number of nitrogens with one attached hydrogen (secondary N) is 1. The van der Waals surface area contributed by atoms with Crippen molar-refractivity contribution in [1.82, 2.24) is 10.2 Å². The van der Waals surface area contributed by atoms with E-state index in [4.69, 9.17) is 4.74 Å². The van der Waals surface area contributed by atoms with Crippen molar-refractivity contribution < 1.29 is 27.5 Å². The van der Waals surface area contributed by atoms with Crippen LogP contribution in [0.5, 0.6) is 0 Å². The zero-order valence-electron chi connectivity index (χ0n) is 16.3. The van der Waals surface area contributed by atoms with Gasteiger partial charge in [0.2, 0.25) is 5.91 Å². The van der Waals surface area contributed by atoms with Crippen molar-refractivity contribution in [3.8, 4) is 0 Å². The number of hydrogen-bond donors (Lipinski definition) is 1. The van der Waals surface area contributed by atoms with Gasteiger partial charge in [0.15, 0.2) is 0 Å². The van der Waals surface area contributed by atoms with Crippen molar-refractivity contribution in [2.75, 3.05) is 6.61 Å². The molecule has 1 heterocycles. The molecule has 3 aliphatic rings. The molecule has 5 nitrogen and oxygen atoms in total. The number of benzene rings is 1. The van der Waals surface area contributed by atoms with Crippen LogP contribution in [-0.2, 0) is 15.7 Å². The predicted molar refractivity (Wildman–Crippen MR) is 98.9 cm³/mol. The van der Waals surface area contributed by atoms with Crippen LogP contribution in [0, 0.1) is 5.92 Å². The van der Waals surface area contributed by atoms with Gasteiger partial charge in [-0.2, -0.15) is 13.2 Å². The highest BCUT2D eigenvalue weighted by molar-refractivity contribution is 5.98. The lowest BCUT2D eigenvalue weighted by atomic mass is 9.83. The molecule has 3 fully saturated rings. The van der Waals surface area contributed by atoms with Crippen molar-refractivity contribution in [2.24, 2.45) is 5.92 Å². The van der Waals surface area contributed by atoms with Crippen molar-refractivity contribution in [1.29, 1.82) is 0 Å². The summed E-state index contributed by atoms with van der Waals surface area (Å²) in [6.45, 7) is 2.19. The number of rotatable bonds is 3. The Bertz CT molecular complexity index is 799. The fourth-order valence-electron chi connectivity index (χ4n) is 4.27. The van der Waals surface area contributed by atoms with Crippen LogP contribution in [0.4, 0.5) is 13.2 Å². The third-order valence-electron chi connectivity index (χ3n) is 6.20. The number of halogens is 3. The third-order valence-corrected chi connectivity index (χ3v) is 6.20. The minimum Gasteiger partial charge on any atom is -0.353 e. The average molecular weight is 410 g/mol. The highest BCUT2D eigenvalue weighted by Crippen LogP contribution is 2.43. The predicted octanol–water partition coefficient (Wildman–Crippen LogP) is 3.73. The normalized spacial score (nSPS) is 29.9. The molecule has 0 radical (unpaired) electrons. The van der Waals surface area contributed by atoms with E-state index in [1.54, 1.807) is 0 Å². The van der Waals surface area contributed by atoms with Gasteiger partial charge in [0.1, 0.15) is 11.8 Å². The molecule has 0 unspecified atom stereocenters. The van der Waals surface area contributed by atoms with Gasteiger partial charge in [0.05, 0.1) is 12.2 Å². The lowest BCUT2D eigenvalue weighted by Crippen LogP contribution is -2.57. The summed E-state index contributed by atoms with van der Waals surface area (Å²) in [4.78, 5) is 27.6. The van der Waals surface area contributed by atoms with E-state index in [9.17, 15) is 22.8 Å². The second kappa shape index (κ2) is 7.31. The highest BCUT2D eigenvalue weighted by Gasteiger charge is 2.54. The maximum atomic E-state index is 13.4. The van der Waals surface area contributed by atoms with Crippen molar-refractivity contribution in [2.45, 2.75) is 69.4 Å². The van der Waals surface area contributed by atoms with E-state index >= 15 is 0 Å². The topological polar surface area (TPSA) is 58.6 Å². The molecular formula is C21H25F3N2O3. The fourth-order valence-corrected chi connectivity index (χ4v) is 4.27. The summed E-state index contributed by atoms with van der Waals surface area (Å²) in [5.41, 5.74) is -1.88. The molecule has 2 amide bonds. The number of nitrogens with zero attached hydrogens (tertiary/aromatic N) is 1. The van der Waals surface area contributed by atoms with E-state index < -0.39 is 29.4 Å². The van der Waals surface area contributed by atoms with Gasteiger partial charge in [-0.05, 0) is 62.6 Å². The molecule has 4 rings (SSSR count). The van der Waals surface area contributed by atoms with Gasteiger partial charge in [-0.3, -0.25) is 14.5 Å². The molecule has 0 bridgehead atoms. The molecule has 1 saturated heterocycles. The van der Waals surface area contributed by atoms with Gasteiger partial charge in [-0.1, -0.05) is 13.0 Å². The van der Waals surface area contributed by atoms with Crippen LogP contribution in [0.1, 0.15) is 61.4 Å². The molecule has 158 valence electrons. The Kier molecular flexibility index (Phi) is 5.09. The summed E-state index contributed by atoms with van der Waals surface area (Å²) >= 11 is 0. The Morgan fingerprint density at radius 2 is 1.86 bits per heavy atom. The summed E-state index contributed by atoms with van der Waals surface area (Å²) < 4.78 is 45.5. The minimum atomic E-state index is -4.54. The van der Waals surface area contributed by atoms with Gasteiger partial charge < -0.3 is 10.1 Å². The average Bonchev–Trinajstić information content (AvgIpc) is 3.42. The second-order valence-electron chi connectivity index (χ2n) is 8.49. The third kappa shape index (κ3) is 3.99. The number of hydrogen-bond acceptors (Lipinski definition) is 3. The van der Waals surface area contributed by atoms with E-state index in [2.05, 4.69) is 12.2 Å². The lowest BCUT2D eigenvalue weighted by Gasteiger charge is -2.43. The summed E-state index contributed by atoms with van der Waals surface area (Å²) in [5, 5.41) is 2.91. The smallest absolute Gasteiger partial charge is 0.353 e. The van der Waals surface area contributed by atoms with Crippen molar-refractivity contribution >= 4 is 11.8 Å². The van der Waals surface area contributed by atoms with Gasteiger partial charge in [0.25, 0.3) is 5.91 Å². The minimum absolute atomic E-state index is 0.0671. The number of carbonyl (C=O) groups excluding carboxylic acids is 2. The Balaban J connectivity index is 1.66. The summed E-state index contributed by atoms with van der Waals surface area (Å²) in [6, 6.07) is 3.68. The standard InChI is InChI=1S/C21H25F3N2O3/c1-13-7-9-20(10-8-13)26(17(12-29-20)18(27)25-16-5-6-16)19(28)14-3-2-4-15(11-14)21(22,23)24/h2-4,11,13,16-17H,5-10,12H2,1H3,(H,25,27)/t13?,17-,20?/m1/s1. The van der Waals surface area contributed by atoms with Crippen molar-refractivity contribution in [3.63, 3.8) is 0 Å². The molecule has 2 aliphatic carbocycles. The zero-order valence-corrected chi connectivity index (χ0v) is 16.3. The summed E-state index contributed by atoms with van der Waals surface area (Å²) in [5.74, 6) is -0.392. The molecule has 1 aromatic rings. The maximum absolute atomic E-state index is 13.4. The largest absolute Gasteiger partial charge is 0.416 e. The fraction of sp³-hybridized carbons (Fsp3) is 0.619. The van der Waals surface area contributed by atoms with Crippen LogP contribution < -0.4 is 5.32 Å². The molecule has 1 N–H and O–H groups in total. The summed E-state index contributed by atoms with van der Waals surface area (Å²) in [6.07, 6.45) is 0.0937. The molecule has 8 heteroatoms. The first-order chi connectivity index (χ1) is 13.7. The van der Waals surface area contributed by atoms with E-state index in [-0.39, 0.29) is 24.1 Å². The van der Waals surface area contributed by atoms with Crippen molar-refractivity contribution in [3.05, 3.63) is 35.4 Å². The van der Waals surface area contributed by atoms with Crippen LogP contribution >= 0.6 is 0 Å². The molecule has 1 atom stereocenters. The number of amides is 2. The molecular weight excluding hydrogens is 385 g/mol. The molecule has 1 aliphatic heterocycles. The van der Waals surface area contributed by atoms with E-state index in [1.807, 2.05) is 0 Å². The van der Waals surface area contributed by atoms with Crippen LogP contribution in [-0.4, -0.2) is 41.1 Å². The number of alkyl halides is 3. The van der Waals surface area contributed by atoms with E-state index in [0.717, 1.165) is 37.8 Å². The SMILES string of the molecule is CC1CCC2(CC1)OC[C@H](C(=O)NC1CC1)N2C(=O)c1cccc(C(F)(F)F)c1. The number of ether oxygens (including phenoxy) is 1. The summed E-state index contributed by atoms with van der Waals surface area (Å²) in [7, 11) is 0. The van der Waals surface area contributed by atoms with Gasteiger partial charge in [0, 0.05) is 11.6 Å². The van der Waals surface area contributed by atoms with Gasteiger partial charge in [-0.25, -0.2) is 0 Å². The van der Waals surface area contributed by atoms with Crippen LogP contribution in [0.25, 0.3) is 0 Å². The molecule has 0 aromatic heterocycles. The Morgan fingerprint density at radius 3 is 2.48 bits per heavy atom. The lowest BCUT2D eigenvalue weighted by molar-refractivity contribution is -0.137. The second-order valence-corrected chi connectivity index (χ2v) is 8.49. The Labute approximate surface area is 167 Å². The maximum Gasteiger partial charge on any atom is 0.416 e. The zero-order chi connectivity index (χ0) is 20.8. The monoisotopic (exact) mass is 410 g/mol. The molecule has 1 spiro atoms. The van der Waals surface area contributed by atoms with E-state index in [0.29, 0.717) is 18.8 Å². The molecule has 1 aromatic carbocycles. The molecule has 2 saturated carbocycles. The van der Waals surface area contributed by atoms with Crippen LogP contribution in [0.3, 0.4) is 0 Å². The number of carbonyl (C=O) groups is 2. The first-order valence-electron chi connectivity index (χ1n) is 10.1. The van der Waals surface area contributed by atoms with Crippen LogP contribution in [0.2, 0.25) is 0 Å². The Hall–Kier alpha value is -2.09. The molecule has 29 heavy (non-hydrogen) atoms. The van der Waals surface area contributed by atoms with Crippen LogP contribution in [0.15, 0.2) is 24.3 Å². The quantitative estimate of drug-likeness (QED) is 0.826. The highest BCUT2D eigenvalue weighted by atomic mass is 19.4. The first kappa shape index (κ1) is 20.2. The first-order valence-corrected chi connectivity index (χ1v) is 10.1.